The standard InChI is InChI=1S/C27H25BrN2O4/c28-22-10-6-18(7-11-22)24-27(16-20-4-1-2-5-21(20)17-29-26(27)32)30-25(34-24)19-8-12-23(13-9-19)33-15-3-14-31/h1-2,4-13,24,31H,3,14-17H2,(H,29,32)/t24-,27-/m1/s1. The van der Waals surface area contributed by atoms with Crippen LogP contribution in [0.1, 0.15) is 34.8 Å². The molecule has 3 aromatic carbocycles. The van der Waals surface area contributed by atoms with Gasteiger partial charge in [-0.05, 0) is 53.1 Å². The van der Waals surface area contributed by atoms with Crippen molar-refractivity contribution in [1.82, 2.24) is 5.32 Å². The summed E-state index contributed by atoms with van der Waals surface area (Å²) < 4.78 is 13.0. The molecule has 0 aliphatic carbocycles. The number of halogens is 1. The number of aliphatic imine (C=N–C) groups is 1. The van der Waals surface area contributed by atoms with Crippen LogP contribution in [0, 0.1) is 0 Å². The van der Waals surface area contributed by atoms with E-state index in [2.05, 4.69) is 27.3 Å². The van der Waals surface area contributed by atoms with Gasteiger partial charge in [0.1, 0.15) is 5.75 Å². The molecule has 6 nitrogen and oxygen atoms in total. The second kappa shape index (κ2) is 9.60. The molecule has 0 aromatic heterocycles. The smallest absolute Gasteiger partial charge is 0.252 e. The number of amides is 1. The first-order valence-electron chi connectivity index (χ1n) is 11.3. The minimum atomic E-state index is -1.12. The first-order valence-corrected chi connectivity index (χ1v) is 12.1. The number of nitrogens with zero attached hydrogens (tertiary/aromatic N) is 1. The lowest BCUT2D eigenvalue weighted by atomic mass is 9.82. The van der Waals surface area contributed by atoms with Crippen LogP contribution in [0.15, 0.2) is 82.3 Å². The molecule has 1 spiro atoms. The summed E-state index contributed by atoms with van der Waals surface area (Å²) in [5.41, 5.74) is 2.73. The molecule has 7 heteroatoms. The third-order valence-corrected chi connectivity index (χ3v) is 6.75. The van der Waals surface area contributed by atoms with Crippen molar-refractivity contribution >= 4 is 27.7 Å². The Balaban J connectivity index is 1.54. The predicted octanol–water partition coefficient (Wildman–Crippen LogP) is 4.34. The summed E-state index contributed by atoms with van der Waals surface area (Å²) in [6, 6.07) is 23.4. The van der Waals surface area contributed by atoms with Crippen molar-refractivity contribution in [3.8, 4) is 5.75 Å². The van der Waals surface area contributed by atoms with E-state index in [1.807, 2.05) is 66.7 Å². The number of fused-ring (bicyclic) bond motifs is 1. The Bertz CT molecular complexity index is 1210. The highest BCUT2D eigenvalue weighted by Crippen LogP contribution is 2.44. The van der Waals surface area contributed by atoms with Crippen LogP contribution in [0.5, 0.6) is 5.75 Å². The number of hydrogen-bond acceptors (Lipinski definition) is 5. The number of benzene rings is 3. The van der Waals surface area contributed by atoms with Crippen LogP contribution in [-0.2, 0) is 22.5 Å². The van der Waals surface area contributed by atoms with Gasteiger partial charge in [-0.25, -0.2) is 4.99 Å². The summed E-state index contributed by atoms with van der Waals surface area (Å²) in [6.45, 7) is 1.00. The third kappa shape index (κ3) is 4.33. The maximum Gasteiger partial charge on any atom is 0.252 e. The molecule has 3 aromatic rings. The number of carbonyl (C=O) groups excluding carboxylic acids is 1. The van der Waals surface area contributed by atoms with Gasteiger partial charge in [0.25, 0.3) is 5.91 Å². The number of ether oxygens (including phenoxy) is 2. The molecule has 34 heavy (non-hydrogen) atoms. The average Bonchev–Trinajstić information content (AvgIpc) is 3.18. The summed E-state index contributed by atoms with van der Waals surface area (Å²) in [6.07, 6.45) is 0.454. The predicted molar refractivity (Wildman–Crippen MR) is 133 cm³/mol. The number of carbonyl (C=O) groups is 1. The van der Waals surface area contributed by atoms with Crippen molar-refractivity contribution in [2.24, 2.45) is 4.99 Å². The Hall–Kier alpha value is -3.16. The Morgan fingerprint density at radius 1 is 1.06 bits per heavy atom. The zero-order chi connectivity index (χ0) is 23.5. The molecule has 0 radical (unpaired) electrons. The minimum Gasteiger partial charge on any atom is -0.494 e. The molecular formula is C27H25BrN2O4. The third-order valence-electron chi connectivity index (χ3n) is 6.22. The number of nitrogens with one attached hydrogen (secondary N) is 1. The maximum absolute atomic E-state index is 13.6. The van der Waals surface area contributed by atoms with Crippen LogP contribution in [0.25, 0.3) is 0 Å². The summed E-state index contributed by atoms with van der Waals surface area (Å²) in [7, 11) is 0. The van der Waals surface area contributed by atoms with Crippen molar-refractivity contribution in [2.75, 3.05) is 13.2 Å². The number of aliphatic hydroxyl groups excluding tert-OH is 1. The molecule has 0 bridgehead atoms. The highest BCUT2D eigenvalue weighted by molar-refractivity contribution is 9.10. The van der Waals surface area contributed by atoms with Gasteiger partial charge in [-0.1, -0.05) is 52.3 Å². The monoisotopic (exact) mass is 520 g/mol. The highest BCUT2D eigenvalue weighted by atomic mass is 79.9. The van der Waals surface area contributed by atoms with E-state index in [4.69, 9.17) is 19.6 Å². The largest absolute Gasteiger partial charge is 0.494 e. The summed E-state index contributed by atoms with van der Waals surface area (Å²) >= 11 is 3.49. The van der Waals surface area contributed by atoms with Crippen molar-refractivity contribution in [3.05, 3.63) is 99.5 Å². The molecule has 2 N–H and O–H groups in total. The molecule has 2 aliphatic rings. The van der Waals surface area contributed by atoms with Crippen LogP contribution < -0.4 is 10.1 Å². The lowest BCUT2D eigenvalue weighted by Gasteiger charge is -2.29. The number of hydrogen-bond donors (Lipinski definition) is 2. The van der Waals surface area contributed by atoms with Crippen LogP contribution in [0.4, 0.5) is 0 Å². The Labute approximate surface area is 206 Å². The Morgan fingerprint density at radius 2 is 1.79 bits per heavy atom. The fourth-order valence-corrected chi connectivity index (χ4v) is 4.71. The molecular weight excluding hydrogens is 496 g/mol. The summed E-state index contributed by atoms with van der Waals surface area (Å²) in [5.74, 6) is 0.996. The van der Waals surface area contributed by atoms with Crippen molar-refractivity contribution in [1.29, 1.82) is 0 Å². The van der Waals surface area contributed by atoms with Crippen LogP contribution in [-0.4, -0.2) is 35.7 Å². The van der Waals surface area contributed by atoms with Gasteiger partial charge < -0.3 is 19.9 Å². The zero-order valence-electron chi connectivity index (χ0n) is 18.5. The van der Waals surface area contributed by atoms with Crippen LogP contribution >= 0.6 is 15.9 Å². The Morgan fingerprint density at radius 3 is 2.53 bits per heavy atom. The zero-order valence-corrected chi connectivity index (χ0v) is 20.1. The molecule has 174 valence electrons. The van der Waals surface area contributed by atoms with E-state index in [-0.39, 0.29) is 12.5 Å². The van der Waals surface area contributed by atoms with Gasteiger partial charge in [-0.15, -0.1) is 0 Å². The normalized spacial score (nSPS) is 21.3. The Kier molecular flexibility index (Phi) is 6.39. The fraction of sp³-hybridized carbons (Fsp3) is 0.259. The molecule has 0 unspecified atom stereocenters. The highest BCUT2D eigenvalue weighted by Gasteiger charge is 2.54. The quantitative estimate of drug-likeness (QED) is 0.473. The van der Waals surface area contributed by atoms with E-state index in [1.54, 1.807) is 0 Å². The first kappa shape index (κ1) is 22.6. The van der Waals surface area contributed by atoms with E-state index < -0.39 is 11.6 Å². The molecule has 2 atom stereocenters. The van der Waals surface area contributed by atoms with Gasteiger partial charge in [-0.2, -0.15) is 0 Å². The molecule has 1 amide bonds. The van der Waals surface area contributed by atoms with Crippen molar-refractivity contribution in [2.45, 2.75) is 31.0 Å². The van der Waals surface area contributed by atoms with Gasteiger partial charge >= 0.3 is 0 Å². The topological polar surface area (TPSA) is 80.2 Å². The van der Waals surface area contributed by atoms with Gasteiger partial charge in [0.05, 0.1) is 6.61 Å². The second-order valence-corrected chi connectivity index (χ2v) is 9.38. The summed E-state index contributed by atoms with van der Waals surface area (Å²) in [4.78, 5) is 18.6. The van der Waals surface area contributed by atoms with Gasteiger partial charge in [0.15, 0.2) is 11.6 Å². The maximum atomic E-state index is 13.6. The lowest BCUT2D eigenvalue weighted by molar-refractivity contribution is -0.128. The van der Waals surface area contributed by atoms with Crippen LogP contribution in [0.2, 0.25) is 0 Å². The van der Waals surface area contributed by atoms with Crippen molar-refractivity contribution in [3.63, 3.8) is 0 Å². The van der Waals surface area contributed by atoms with Crippen LogP contribution in [0.3, 0.4) is 0 Å². The molecule has 0 saturated heterocycles. The minimum absolute atomic E-state index is 0.0907. The lowest BCUT2D eigenvalue weighted by Crippen LogP contribution is -2.48. The first-order chi connectivity index (χ1) is 16.6. The van der Waals surface area contributed by atoms with Gasteiger partial charge in [-0.3, -0.25) is 4.79 Å². The molecule has 0 fully saturated rings. The average molecular weight is 521 g/mol. The van der Waals surface area contributed by atoms with Gasteiger partial charge in [0.2, 0.25) is 5.90 Å². The molecule has 5 rings (SSSR count). The van der Waals surface area contributed by atoms with E-state index in [9.17, 15) is 4.79 Å². The second-order valence-electron chi connectivity index (χ2n) is 8.47. The molecule has 2 aliphatic heterocycles. The summed E-state index contributed by atoms with van der Waals surface area (Å²) in [5, 5.41) is 12.0. The molecule has 2 heterocycles. The van der Waals surface area contributed by atoms with Gasteiger partial charge in [0, 0.05) is 36.0 Å². The molecule has 0 saturated carbocycles. The SMILES string of the molecule is O=C1NCc2ccccc2C[C@]12N=C(c1ccc(OCCCO)cc1)O[C@@H]2c1ccc(Br)cc1. The number of aliphatic hydroxyl groups is 1. The fourth-order valence-electron chi connectivity index (χ4n) is 4.44. The van der Waals surface area contributed by atoms with E-state index in [0.717, 1.165) is 26.7 Å². The van der Waals surface area contributed by atoms with E-state index >= 15 is 0 Å². The van der Waals surface area contributed by atoms with Crippen molar-refractivity contribution < 1.29 is 19.4 Å². The number of rotatable bonds is 6. The van der Waals surface area contributed by atoms with E-state index in [1.165, 1.54) is 0 Å². The van der Waals surface area contributed by atoms with E-state index in [0.29, 0.717) is 37.6 Å².